The number of likely N-dealkylation sites (tertiary alicyclic amines) is 1. The van der Waals surface area contributed by atoms with Crippen LogP contribution in [0.3, 0.4) is 0 Å². The van der Waals surface area contributed by atoms with Gasteiger partial charge in [-0.2, -0.15) is 5.26 Å². The monoisotopic (exact) mass is 242 g/mol. The molecule has 0 aromatic heterocycles. The molecule has 0 amide bonds. The summed E-state index contributed by atoms with van der Waals surface area (Å²) >= 11 is 0. The summed E-state index contributed by atoms with van der Waals surface area (Å²) in [6.45, 7) is 4.39. The van der Waals surface area contributed by atoms with Crippen LogP contribution in [-0.4, -0.2) is 17.5 Å². The SMILES string of the molecule is CCC1CCCCCN1Cc1ccccc1C#N. The Morgan fingerprint density at radius 1 is 1.28 bits per heavy atom. The third kappa shape index (κ3) is 3.11. The third-order valence-corrected chi connectivity index (χ3v) is 3.98. The van der Waals surface area contributed by atoms with Gasteiger partial charge < -0.3 is 0 Å². The van der Waals surface area contributed by atoms with E-state index in [-0.39, 0.29) is 0 Å². The van der Waals surface area contributed by atoms with Crippen molar-refractivity contribution in [1.82, 2.24) is 4.90 Å². The van der Waals surface area contributed by atoms with Gasteiger partial charge in [0.15, 0.2) is 0 Å². The van der Waals surface area contributed by atoms with Crippen molar-refractivity contribution in [3.8, 4) is 6.07 Å². The lowest BCUT2D eigenvalue weighted by Gasteiger charge is -2.29. The van der Waals surface area contributed by atoms with Crippen LogP contribution in [0.4, 0.5) is 0 Å². The maximum absolute atomic E-state index is 9.16. The average Bonchev–Trinajstić information content (AvgIpc) is 2.64. The minimum absolute atomic E-state index is 0.694. The van der Waals surface area contributed by atoms with E-state index in [2.05, 4.69) is 24.0 Å². The minimum atomic E-state index is 0.694. The average molecular weight is 242 g/mol. The molecule has 1 heterocycles. The number of nitriles is 1. The van der Waals surface area contributed by atoms with Crippen LogP contribution >= 0.6 is 0 Å². The molecule has 1 saturated heterocycles. The number of nitrogens with zero attached hydrogens (tertiary/aromatic N) is 2. The predicted octanol–water partition coefficient (Wildman–Crippen LogP) is 3.71. The van der Waals surface area contributed by atoms with Gasteiger partial charge in [-0.3, -0.25) is 4.90 Å². The molecular weight excluding hydrogens is 220 g/mol. The molecule has 1 aliphatic rings. The van der Waals surface area contributed by atoms with Crippen LogP contribution in [0.2, 0.25) is 0 Å². The maximum Gasteiger partial charge on any atom is 0.0995 e. The van der Waals surface area contributed by atoms with E-state index in [0.717, 1.165) is 12.1 Å². The molecule has 1 aliphatic heterocycles. The van der Waals surface area contributed by atoms with Crippen LogP contribution in [0, 0.1) is 11.3 Å². The van der Waals surface area contributed by atoms with Crippen molar-refractivity contribution in [2.24, 2.45) is 0 Å². The highest BCUT2D eigenvalue weighted by Crippen LogP contribution is 2.22. The van der Waals surface area contributed by atoms with E-state index in [1.807, 2.05) is 18.2 Å². The highest BCUT2D eigenvalue weighted by molar-refractivity contribution is 5.37. The van der Waals surface area contributed by atoms with Crippen molar-refractivity contribution in [2.45, 2.75) is 51.6 Å². The Morgan fingerprint density at radius 3 is 2.89 bits per heavy atom. The molecule has 0 bridgehead atoms. The van der Waals surface area contributed by atoms with Crippen molar-refractivity contribution in [3.63, 3.8) is 0 Å². The fraction of sp³-hybridized carbons (Fsp3) is 0.562. The second-order valence-corrected chi connectivity index (χ2v) is 5.15. The van der Waals surface area contributed by atoms with Gasteiger partial charge in [0.25, 0.3) is 0 Å². The van der Waals surface area contributed by atoms with Gasteiger partial charge in [0.1, 0.15) is 0 Å². The Kier molecular flexibility index (Phi) is 4.78. The van der Waals surface area contributed by atoms with Gasteiger partial charge in [0.05, 0.1) is 11.6 Å². The molecule has 2 heteroatoms. The Hall–Kier alpha value is -1.33. The minimum Gasteiger partial charge on any atom is -0.296 e. The molecular formula is C16H22N2. The first-order valence-electron chi connectivity index (χ1n) is 7.07. The molecule has 2 nitrogen and oxygen atoms in total. The summed E-state index contributed by atoms with van der Waals surface area (Å²) in [6.07, 6.45) is 6.53. The van der Waals surface area contributed by atoms with Crippen LogP contribution in [0.15, 0.2) is 24.3 Å². The van der Waals surface area contributed by atoms with E-state index in [1.165, 1.54) is 44.2 Å². The fourth-order valence-electron chi connectivity index (χ4n) is 2.89. The van der Waals surface area contributed by atoms with Crippen LogP contribution in [0.25, 0.3) is 0 Å². The summed E-state index contributed by atoms with van der Waals surface area (Å²) in [5.74, 6) is 0. The van der Waals surface area contributed by atoms with Crippen LogP contribution in [-0.2, 0) is 6.54 Å². The number of rotatable bonds is 3. The molecule has 0 N–H and O–H groups in total. The standard InChI is InChI=1S/C16H22N2/c1-2-16-10-4-3-7-11-18(16)13-15-9-6-5-8-14(15)12-17/h5-6,8-9,16H,2-4,7,10-11,13H2,1H3. The highest BCUT2D eigenvalue weighted by Gasteiger charge is 2.20. The number of benzene rings is 1. The lowest BCUT2D eigenvalue weighted by Crippen LogP contribution is -2.34. The molecule has 18 heavy (non-hydrogen) atoms. The highest BCUT2D eigenvalue weighted by atomic mass is 15.2. The Balaban J connectivity index is 2.13. The molecule has 1 atom stereocenters. The first-order chi connectivity index (χ1) is 8.85. The maximum atomic E-state index is 9.16. The third-order valence-electron chi connectivity index (χ3n) is 3.98. The Labute approximate surface area is 110 Å². The van der Waals surface area contributed by atoms with E-state index >= 15 is 0 Å². The van der Waals surface area contributed by atoms with Gasteiger partial charge in [-0.1, -0.05) is 38.0 Å². The van der Waals surface area contributed by atoms with E-state index < -0.39 is 0 Å². The van der Waals surface area contributed by atoms with E-state index in [4.69, 9.17) is 5.26 Å². The lowest BCUT2D eigenvalue weighted by atomic mass is 10.0. The lowest BCUT2D eigenvalue weighted by molar-refractivity contribution is 0.186. The van der Waals surface area contributed by atoms with Crippen LogP contribution < -0.4 is 0 Å². The van der Waals surface area contributed by atoms with Gasteiger partial charge in [-0.15, -0.1) is 0 Å². The van der Waals surface area contributed by atoms with E-state index in [1.54, 1.807) is 0 Å². The molecule has 0 aliphatic carbocycles. The zero-order chi connectivity index (χ0) is 12.8. The molecule has 2 rings (SSSR count). The Bertz CT molecular complexity index is 419. The van der Waals surface area contributed by atoms with Crippen molar-refractivity contribution < 1.29 is 0 Å². The largest absolute Gasteiger partial charge is 0.296 e. The normalized spacial score (nSPS) is 21.2. The van der Waals surface area contributed by atoms with Crippen molar-refractivity contribution in [1.29, 1.82) is 5.26 Å². The molecule has 1 aromatic carbocycles. The van der Waals surface area contributed by atoms with Gasteiger partial charge in [-0.25, -0.2) is 0 Å². The number of hydrogen-bond acceptors (Lipinski definition) is 2. The molecule has 1 aromatic rings. The van der Waals surface area contributed by atoms with Crippen LogP contribution in [0.5, 0.6) is 0 Å². The summed E-state index contributed by atoms with van der Waals surface area (Å²) in [6, 6.07) is 11.0. The van der Waals surface area contributed by atoms with Gasteiger partial charge in [-0.05, 0) is 37.4 Å². The van der Waals surface area contributed by atoms with E-state index in [9.17, 15) is 0 Å². The second-order valence-electron chi connectivity index (χ2n) is 5.15. The molecule has 0 saturated carbocycles. The number of hydrogen-bond donors (Lipinski definition) is 0. The molecule has 0 spiro atoms. The van der Waals surface area contributed by atoms with E-state index in [0.29, 0.717) is 6.04 Å². The predicted molar refractivity (Wildman–Crippen MR) is 74.1 cm³/mol. The summed E-state index contributed by atoms with van der Waals surface area (Å²) in [7, 11) is 0. The molecule has 0 radical (unpaired) electrons. The summed E-state index contributed by atoms with van der Waals surface area (Å²) < 4.78 is 0. The van der Waals surface area contributed by atoms with Crippen molar-refractivity contribution in [2.75, 3.05) is 6.54 Å². The van der Waals surface area contributed by atoms with Gasteiger partial charge >= 0.3 is 0 Å². The topological polar surface area (TPSA) is 27.0 Å². The zero-order valence-corrected chi connectivity index (χ0v) is 11.2. The summed E-state index contributed by atoms with van der Waals surface area (Å²) in [4.78, 5) is 2.57. The Morgan fingerprint density at radius 2 is 2.11 bits per heavy atom. The zero-order valence-electron chi connectivity index (χ0n) is 11.2. The quantitative estimate of drug-likeness (QED) is 0.808. The van der Waals surface area contributed by atoms with Crippen LogP contribution in [0.1, 0.15) is 50.2 Å². The molecule has 96 valence electrons. The molecule has 1 unspecified atom stereocenters. The van der Waals surface area contributed by atoms with Gasteiger partial charge in [0, 0.05) is 12.6 Å². The smallest absolute Gasteiger partial charge is 0.0995 e. The van der Waals surface area contributed by atoms with Crippen molar-refractivity contribution >= 4 is 0 Å². The second kappa shape index (κ2) is 6.56. The van der Waals surface area contributed by atoms with Gasteiger partial charge in [0.2, 0.25) is 0 Å². The summed E-state index contributed by atoms with van der Waals surface area (Å²) in [5.41, 5.74) is 2.01. The first kappa shape index (κ1) is 13.1. The fourth-order valence-corrected chi connectivity index (χ4v) is 2.89. The first-order valence-corrected chi connectivity index (χ1v) is 7.07. The van der Waals surface area contributed by atoms with Crippen molar-refractivity contribution in [3.05, 3.63) is 35.4 Å². The summed E-state index contributed by atoms with van der Waals surface area (Å²) in [5, 5.41) is 9.16. The molecule has 1 fully saturated rings.